The van der Waals surface area contributed by atoms with E-state index in [1.807, 2.05) is 24.3 Å². The highest BCUT2D eigenvalue weighted by atomic mass is 79.9. The van der Waals surface area contributed by atoms with Crippen LogP contribution in [-0.4, -0.2) is 16.7 Å². The van der Waals surface area contributed by atoms with Gasteiger partial charge in [-0.25, -0.2) is 0 Å². The van der Waals surface area contributed by atoms with Crippen molar-refractivity contribution in [2.75, 3.05) is 0 Å². The second kappa shape index (κ2) is 5.91. The Kier molecular flexibility index (Phi) is 4.16. The predicted octanol–water partition coefficient (Wildman–Crippen LogP) is 4.05. The Morgan fingerprint density at radius 1 is 1.05 bits per heavy atom. The maximum atomic E-state index is 12.9. The Bertz CT molecular complexity index is 562. The van der Waals surface area contributed by atoms with E-state index in [9.17, 15) is 9.59 Å². The number of hydrogen-bond acceptors (Lipinski definition) is 2. The van der Waals surface area contributed by atoms with Crippen molar-refractivity contribution < 1.29 is 9.59 Å². The lowest BCUT2D eigenvalue weighted by Crippen LogP contribution is -2.35. The van der Waals surface area contributed by atoms with Gasteiger partial charge in [-0.15, -0.1) is 0 Å². The van der Waals surface area contributed by atoms with Crippen molar-refractivity contribution in [3.8, 4) is 0 Å². The van der Waals surface area contributed by atoms with E-state index in [0.29, 0.717) is 13.0 Å². The predicted molar refractivity (Wildman–Crippen MR) is 84.5 cm³/mol. The van der Waals surface area contributed by atoms with Gasteiger partial charge >= 0.3 is 0 Å². The minimum atomic E-state index is -0.394. The first-order valence-corrected chi connectivity index (χ1v) is 8.50. The lowest BCUT2D eigenvalue weighted by atomic mass is 9.79. The van der Waals surface area contributed by atoms with Crippen LogP contribution in [-0.2, 0) is 16.1 Å². The van der Waals surface area contributed by atoms with E-state index in [0.717, 1.165) is 35.7 Å². The standard InChI is InChI=1S/C17H20BrNO2/c18-14-8-4-3-7-13(14)12-19-15(20)11-17(16(19)21)9-5-1-2-6-10-17/h3-4,7-8H,1-2,5-6,9-12H2. The summed E-state index contributed by atoms with van der Waals surface area (Å²) in [4.78, 5) is 26.7. The van der Waals surface area contributed by atoms with Crippen LogP contribution in [0.1, 0.15) is 50.5 Å². The van der Waals surface area contributed by atoms with Crippen LogP contribution in [0.2, 0.25) is 0 Å². The summed E-state index contributed by atoms with van der Waals surface area (Å²) in [6.07, 6.45) is 6.69. The van der Waals surface area contributed by atoms with Crippen molar-refractivity contribution >= 4 is 27.7 Å². The molecule has 0 N–H and O–H groups in total. The molecular formula is C17H20BrNO2. The Hall–Kier alpha value is -1.16. The maximum Gasteiger partial charge on any atom is 0.236 e. The zero-order valence-electron chi connectivity index (χ0n) is 12.1. The number of rotatable bonds is 2. The van der Waals surface area contributed by atoms with E-state index >= 15 is 0 Å². The Morgan fingerprint density at radius 2 is 1.71 bits per heavy atom. The number of likely N-dealkylation sites (tertiary alicyclic amines) is 1. The number of imide groups is 1. The normalized spacial score (nSPS) is 21.9. The summed E-state index contributed by atoms with van der Waals surface area (Å²) in [6, 6.07) is 7.78. The van der Waals surface area contributed by atoms with E-state index < -0.39 is 5.41 Å². The fourth-order valence-electron chi connectivity index (χ4n) is 3.61. The van der Waals surface area contributed by atoms with Crippen molar-refractivity contribution in [2.45, 2.75) is 51.5 Å². The van der Waals surface area contributed by atoms with E-state index in [-0.39, 0.29) is 11.8 Å². The molecule has 3 rings (SSSR count). The van der Waals surface area contributed by atoms with E-state index in [4.69, 9.17) is 0 Å². The van der Waals surface area contributed by atoms with Crippen molar-refractivity contribution in [2.24, 2.45) is 5.41 Å². The molecule has 112 valence electrons. The van der Waals surface area contributed by atoms with E-state index in [2.05, 4.69) is 15.9 Å². The molecule has 1 saturated heterocycles. The third kappa shape index (κ3) is 2.78. The minimum Gasteiger partial charge on any atom is -0.278 e. The van der Waals surface area contributed by atoms with Crippen LogP contribution in [0.5, 0.6) is 0 Å². The molecule has 0 aromatic heterocycles. The molecule has 2 aliphatic rings. The topological polar surface area (TPSA) is 37.4 Å². The molecule has 0 bridgehead atoms. The molecule has 1 spiro atoms. The molecule has 1 aliphatic carbocycles. The van der Waals surface area contributed by atoms with Gasteiger partial charge in [-0.05, 0) is 24.5 Å². The summed E-state index contributed by atoms with van der Waals surface area (Å²) >= 11 is 3.49. The number of benzene rings is 1. The van der Waals surface area contributed by atoms with Gasteiger partial charge in [0.05, 0.1) is 12.0 Å². The highest BCUT2D eigenvalue weighted by Gasteiger charge is 2.50. The SMILES string of the molecule is O=C1CC2(CCCCCC2)C(=O)N1Cc1ccccc1Br. The highest BCUT2D eigenvalue weighted by Crippen LogP contribution is 2.44. The molecule has 1 aromatic carbocycles. The molecular weight excluding hydrogens is 330 g/mol. The Balaban J connectivity index is 1.82. The maximum absolute atomic E-state index is 12.9. The molecule has 2 amide bonds. The van der Waals surface area contributed by atoms with Crippen LogP contribution >= 0.6 is 15.9 Å². The third-order valence-electron chi connectivity index (χ3n) is 4.84. The summed E-state index contributed by atoms with van der Waals surface area (Å²) in [5.74, 6) is 0.0582. The quantitative estimate of drug-likeness (QED) is 0.755. The van der Waals surface area contributed by atoms with E-state index in [1.54, 1.807) is 0 Å². The van der Waals surface area contributed by atoms with Crippen LogP contribution in [0.4, 0.5) is 0 Å². The smallest absolute Gasteiger partial charge is 0.236 e. The monoisotopic (exact) mass is 349 g/mol. The van der Waals surface area contributed by atoms with Crippen molar-refractivity contribution in [1.82, 2.24) is 4.90 Å². The molecule has 2 fully saturated rings. The second-order valence-electron chi connectivity index (χ2n) is 6.25. The molecule has 1 heterocycles. The van der Waals surface area contributed by atoms with Gasteiger partial charge in [0.15, 0.2) is 0 Å². The molecule has 0 radical (unpaired) electrons. The van der Waals surface area contributed by atoms with Crippen molar-refractivity contribution in [1.29, 1.82) is 0 Å². The lowest BCUT2D eigenvalue weighted by Gasteiger charge is -2.25. The largest absolute Gasteiger partial charge is 0.278 e. The number of amides is 2. The van der Waals surface area contributed by atoms with Gasteiger partial charge in [-0.2, -0.15) is 0 Å². The fourth-order valence-corrected chi connectivity index (χ4v) is 4.02. The highest BCUT2D eigenvalue weighted by molar-refractivity contribution is 9.10. The molecule has 1 aliphatic heterocycles. The van der Waals surface area contributed by atoms with Crippen molar-refractivity contribution in [3.05, 3.63) is 34.3 Å². The van der Waals surface area contributed by atoms with Gasteiger partial charge in [0, 0.05) is 10.9 Å². The van der Waals surface area contributed by atoms with Crippen molar-refractivity contribution in [3.63, 3.8) is 0 Å². The van der Waals surface area contributed by atoms with Crippen LogP contribution < -0.4 is 0 Å². The summed E-state index contributed by atoms with van der Waals surface area (Å²) in [6.45, 7) is 0.390. The van der Waals surface area contributed by atoms with E-state index in [1.165, 1.54) is 17.7 Å². The molecule has 21 heavy (non-hydrogen) atoms. The van der Waals surface area contributed by atoms with Gasteiger partial charge in [-0.3, -0.25) is 14.5 Å². The molecule has 0 atom stereocenters. The lowest BCUT2D eigenvalue weighted by molar-refractivity contribution is -0.142. The molecule has 1 aromatic rings. The number of halogens is 1. The zero-order chi connectivity index (χ0) is 14.9. The first-order valence-electron chi connectivity index (χ1n) is 7.71. The van der Waals surface area contributed by atoms with Gasteiger partial charge in [0.25, 0.3) is 0 Å². The average molecular weight is 350 g/mol. The van der Waals surface area contributed by atoms with Gasteiger partial charge in [0.1, 0.15) is 0 Å². The number of nitrogens with zero attached hydrogens (tertiary/aromatic N) is 1. The summed E-state index contributed by atoms with van der Waals surface area (Å²) in [5, 5.41) is 0. The van der Waals surface area contributed by atoms with Crippen LogP contribution in [0.15, 0.2) is 28.7 Å². The van der Waals surface area contributed by atoms with Gasteiger partial charge in [-0.1, -0.05) is 59.8 Å². The third-order valence-corrected chi connectivity index (χ3v) is 5.61. The molecule has 0 unspecified atom stereocenters. The molecule has 1 saturated carbocycles. The van der Waals surface area contributed by atoms with Gasteiger partial charge < -0.3 is 0 Å². The summed E-state index contributed by atoms with van der Waals surface area (Å²) in [5.41, 5.74) is 0.597. The second-order valence-corrected chi connectivity index (χ2v) is 7.10. The Morgan fingerprint density at radius 3 is 2.38 bits per heavy atom. The zero-order valence-corrected chi connectivity index (χ0v) is 13.7. The van der Waals surface area contributed by atoms with Gasteiger partial charge in [0.2, 0.25) is 11.8 Å². The average Bonchev–Trinajstić information content (AvgIpc) is 2.64. The number of carbonyl (C=O) groups is 2. The number of carbonyl (C=O) groups excluding carboxylic acids is 2. The first-order chi connectivity index (χ1) is 10.1. The number of hydrogen-bond donors (Lipinski definition) is 0. The fraction of sp³-hybridized carbons (Fsp3) is 0.529. The van der Waals surface area contributed by atoms with Crippen LogP contribution in [0.3, 0.4) is 0 Å². The molecule has 3 nitrogen and oxygen atoms in total. The first kappa shape index (κ1) is 14.8. The van der Waals surface area contributed by atoms with Crippen LogP contribution in [0, 0.1) is 5.41 Å². The van der Waals surface area contributed by atoms with Crippen LogP contribution in [0.25, 0.3) is 0 Å². The summed E-state index contributed by atoms with van der Waals surface area (Å²) < 4.78 is 0.951. The minimum absolute atomic E-state index is 0.00217. The summed E-state index contributed by atoms with van der Waals surface area (Å²) in [7, 11) is 0. The Labute approximate surface area is 133 Å². The molecule has 4 heteroatoms.